The van der Waals surface area contributed by atoms with Crippen LogP contribution in [0.1, 0.15) is 12.8 Å². The van der Waals surface area contributed by atoms with Crippen molar-refractivity contribution in [1.29, 1.82) is 0 Å². The molecule has 0 unspecified atom stereocenters. The number of hydrogen-bond donors (Lipinski definition) is 1. The molecule has 1 saturated heterocycles. The van der Waals surface area contributed by atoms with E-state index < -0.39 is 10.0 Å². The van der Waals surface area contributed by atoms with Crippen molar-refractivity contribution in [3.8, 4) is 0 Å². The predicted molar refractivity (Wildman–Crippen MR) is 61.7 cm³/mol. The van der Waals surface area contributed by atoms with Crippen LogP contribution in [-0.2, 0) is 10.0 Å². The van der Waals surface area contributed by atoms with E-state index >= 15 is 0 Å². The Hall–Kier alpha value is -0.850. The van der Waals surface area contributed by atoms with Gasteiger partial charge in [0.2, 0.25) is 10.0 Å². The molecular weight excluding hydrogens is 250 g/mol. The van der Waals surface area contributed by atoms with E-state index in [0.717, 1.165) is 12.8 Å². The van der Waals surface area contributed by atoms with Gasteiger partial charge >= 0.3 is 0 Å². The average molecular weight is 262 g/mol. The van der Waals surface area contributed by atoms with Crippen LogP contribution in [0.2, 0.25) is 5.02 Å². The summed E-state index contributed by atoms with van der Waals surface area (Å²) < 4.78 is 25.7. The third kappa shape index (κ3) is 2.00. The first-order valence-corrected chi connectivity index (χ1v) is 6.75. The van der Waals surface area contributed by atoms with E-state index in [-0.39, 0.29) is 15.7 Å². The number of halogens is 1. The van der Waals surface area contributed by atoms with Crippen molar-refractivity contribution in [3.63, 3.8) is 0 Å². The summed E-state index contributed by atoms with van der Waals surface area (Å²) in [7, 11) is -3.53. The summed E-state index contributed by atoms with van der Waals surface area (Å²) in [6, 6.07) is 1.34. The number of aromatic nitrogens is 1. The van der Waals surface area contributed by atoms with Crippen LogP contribution in [0.15, 0.2) is 17.2 Å². The lowest BCUT2D eigenvalue weighted by atomic mass is 10.4. The number of anilines is 1. The highest BCUT2D eigenvalue weighted by molar-refractivity contribution is 7.89. The Morgan fingerprint density at radius 1 is 1.38 bits per heavy atom. The van der Waals surface area contributed by atoms with Crippen molar-refractivity contribution in [1.82, 2.24) is 9.29 Å². The molecule has 0 radical (unpaired) electrons. The van der Waals surface area contributed by atoms with Crippen molar-refractivity contribution < 1.29 is 8.42 Å². The van der Waals surface area contributed by atoms with Crippen LogP contribution in [0.3, 0.4) is 0 Å². The van der Waals surface area contributed by atoms with E-state index in [4.69, 9.17) is 17.3 Å². The van der Waals surface area contributed by atoms with Crippen LogP contribution in [0, 0.1) is 0 Å². The van der Waals surface area contributed by atoms with Crippen LogP contribution < -0.4 is 5.73 Å². The molecule has 0 aliphatic carbocycles. The summed E-state index contributed by atoms with van der Waals surface area (Å²) in [6.45, 7) is 1.07. The molecule has 0 bridgehead atoms. The number of sulfonamides is 1. The Balaban J connectivity index is 2.46. The second-order valence-corrected chi connectivity index (χ2v) is 5.99. The number of rotatable bonds is 2. The van der Waals surface area contributed by atoms with Gasteiger partial charge in [-0.05, 0) is 18.9 Å². The van der Waals surface area contributed by atoms with Gasteiger partial charge in [-0.1, -0.05) is 11.6 Å². The molecule has 7 heteroatoms. The molecule has 0 atom stereocenters. The van der Waals surface area contributed by atoms with Crippen LogP contribution >= 0.6 is 11.6 Å². The molecule has 2 heterocycles. The molecule has 0 amide bonds. The molecule has 2 rings (SSSR count). The molecule has 1 aromatic rings. The van der Waals surface area contributed by atoms with E-state index in [1.54, 1.807) is 0 Å². The Kier molecular flexibility index (Phi) is 3.05. The first-order valence-electron chi connectivity index (χ1n) is 4.93. The normalized spacial score (nSPS) is 17.8. The third-order valence-corrected chi connectivity index (χ3v) is 4.67. The van der Waals surface area contributed by atoms with Crippen LogP contribution in [0.5, 0.6) is 0 Å². The van der Waals surface area contributed by atoms with Crippen molar-refractivity contribution in [2.75, 3.05) is 18.8 Å². The van der Waals surface area contributed by atoms with E-state index in [9.17, 15) is 8.42 Å². The Morgan fingerprint density at radius 2 is 2.00 bits per heavy atom. The molecule has 1 fully saturated rings. The summed E-state index contributed by atoms with van der Waals surface area (Å²) in [5.74, 6) is -0.00343. The van der Waals surface area contributed by atoms with Gasteiger partial charge in [0.25, 0.3) is 0 Å². The van der Waals surface area contributed by atoms with E-state index in [0.29, 0.717) is 13.1 Å². The summed E-state index contributed by atoms with van der Waals surface area (Å²) in [5, 5.41) is 0.270. The third-order valence-electron chi connectivity index (χ3n) is 2.53. The van der Waals surface area contributed by atoms with Gasteiger partial charge in [-0.25, -0.2) is 13.4 Å². The smallest absolute Gasteiger partial charge is 0.246 e. The first-order chi connectivity index (χ1) is 7.51. The molecule has 0 saturated carbocycles. The second-order valence-electron chi connectivity index (χ2n) is 3.65. The lowest BCUT2D eigenvalue weighted by Gasteiger charge is -2.16. The standard InChI is InChI=1S/C9H12ClN3O2S/c10-7-5-8(9(11)12-6-7)16(14,15)13-3-1-2-4-13/h5-6H,1-4H2,(H2,11,12). The molecular formula is C9H12ClN3O2S. The van der Waals surface area contributed by atoms with Crippen molar-refractivity contribution >= 4 is 27.4 Å². The maximum atomic E-state index is 12.2. The molecule has 0 spiro atoms. The second kappa shape index (κ2) is 4.20. The molecule has 0 aromatic carbocycles. The van der Waals surface area contributed by atoms with Crippen molar-refractivity contribution in [3.05, 3.63) is 17.3 Å². The molecule has 5 nitrogen and oxygen atoms in total. The molecule has 16 heavy (non-hydrogen) atoms. The fourth-order valence-corrected chi connectivity index (χ4v) is 3.54. The van der Waals surface area contributed by atoms with Gasteiger partial charge in [-0.15, -0.1) is 0 Å². The number of nitrogens with zero attached hydrogens (tertiary/aromatic N) is 2. The maximum Gasteiger partial charge on any atom is 0.246 e. The van der Waals surface area contributed by atoms with Crippen LogP contribution in [-0.4, -0.2) is 30.8 Å². The summed E-state index contributed by atoms with van der Waals surface area (Å²) in [4.78, 5) is 3.76. The SMILES string of the molecule is Nc1ncc(Cl)cc1S(=O)(=O)N1CCCC1. The van der Waals surface area contributed by atoms with Crippen LogP contribution in [0.25, 0.3) is 0 Å². The van der Waals surface area contributed by atoms with Gasteiger partial charge in [0, 0.05) is 19.3 Å². The Labute approximate surface area is 99.3 Å². The molecule has 1 aliphatic rings. The quantitative estimate of drug-likeness (QED) is 0.865. The summed E-state index contributed by atoms with van der Waals surface area (Å²) >= 11 is 5.73. The molecule has 1 aromatic heterocycles. The molecule has 1 aliphatic heterocycles. The maximum absolute atomic E-state index is 12.2. The van der Waals surface area contributed by atoms with Gasteiger partial charge in [0.15, 0.2) is 0 Å². The summed E-state index contributed by atoms with van der Waals surface area (Å²) in [5.41, 5.74) is 5.57. The number of hydrogen-bond acceptors (Lipinski definition) is 4. The van der Waals surface area contributed by atoms with Gasteiger partial charge in [0.1, 0.15) is 10.7 Å². The topological polar surface area (TPSA) is 76.3 Å². The van der Waals surface area contributed by atoms with Gasteiger partial charge in [0.05, 0.1) is 5.02 Å². The minimum absolute atomic E-state index is 0.00176. The highest BCUT2D eigenvalue weighted by Gasteiger charge is 2.29. The first kappa shape index (κ1) is 11.6. The Morgan fingerprint density at radius 3 is 2.62 bits per heavy atom. The van der Waals surface area contributed by atoms with Gasteiger partial charge in [-0.2, -0.15) is 4.31 Å². The van der Waals surface area contributed by atoms with Crippen LogP contribution in [0.4, 0.5) is 5.82 Å². The minimum atomic E-state index is -3.53. The summed E-state index contributed by atoms with van der Waals surface area (Å²) in [6.07, 6.45) is 3.10. The number of pyridine rings is 1. The fourth-order valence-electron chi connectivity index (χ4n) is 1.71. The monoisotopic (exact) mass is 261 g/mol. The molecule has 2 N–H and O–H groups in total. The lowest BCUT2D eigenvalue weighted by Crippen LogP contribution is -2.28. The van der Waals surface area contributed by atoms with Crippen molar-refractivity contribution in [2.24, 2.45) is 0 Å². The van der Waals surface area contributed by atoms with E-state index in [2.05, 4.69) is 4.98 Å². The van der Waals surface area contributed by atoms with E-state index in [1.807, 2.05) is 0 Å². The average Bonchev–Trinajstić information content (AvgIpc) is 2.75. The lowest BCUT2D eigenvalue weighted by molar-refractivity contribution is 0.477. The largest absolute Gasteiger partial charge is 0.383 e. The van der Waals surface area contributed by atoms with E-state index in [1.165, 1.54) is 16.6 Å². The highest BCUT2D eigenvalue weighted by Crippen LogP contribution is 2.26. The van der Waals surface area contributed by atoms with Gasteiger partial charge < -0.3 is 5.73 Å². The Bertz CT molecular complexity index is 497. The zero-order valence-corrected chi connectivity index (χ0v) is 10.1. The predicted octanol–water partition coefficient (Wildman–Crippen LogP) is 1.10. The molecule has 88 valence electrons. The zero-order chi connectivity index (χ0) is 11.8. The van der Waals surface area contributed by atoms with Crippen molar-refractivity contribution in [2.45, 2.75) is 17.7 Å². The number of nitrogens with two attached hydrogens (primary N) is 1. The highest BCUT2D eigenvalue weighted by atomic mass is 35.5. The number of nitrogen functional groups attached to an aromatic ring is 1. The van der Waals surface area contributed by atoms with Gasteiger partial charge in [-0.3, -0.25) is 0 Å². The minimum Gasteiger partial charge on any atom is -0.383 e. The fraction of sp³-hybridized carbons (Fsp3) is 0.444. The zero-order valence-electron chi connectivity index (χ0n) is 8.56.